The van der Waals surface area contributed by atoms with Gasteiger partial charge in [0.2, 0.25) is 0 Å². The second kappa shape index (κ2) is 8.97. The van der Waals surface area contributed by atoms with Crippen LogP contribution in [0.5, 0.6) is 0 Å². The minimum Gasteiger partial charge on any atom is -0.444 e. The van der Waals surface area contributed by atoms with E-state index in [0.29, 0.717) is 17.6 Å². The quantitative estimate of drug-likeness (QED) is 0.674. The Morgan fingerprint density at radius 3 is 2.61 bits per heavy atom. The number of hydrogen-bond donors (Lipinski definition) is 0. The fourth-order valence-electron chi connectivity index (χ4n) is 4.29. The highest BCUT2D eigenvalue weighted by Crippen LogP contribution is 2.26. The van der Waals surface area contributed by atoms with Crippen molar-refractivity contribution in [3.8, 4) is 0 Å². The number of benzene rings is 2. The van der Waals surface area contributed by atoms with E-state index in [9.17, 15) is 4.79 Å². The van der Waals surface area contributed by atoms with Gasteiger partial charge in [0.25, 0.3) is 0 Å². The smallest absolute Gasteiger partial charge is 0.414 e. The summed E-state index contributed by atoms with van der Waals surface area (Å²) in [7, 11) is 0. The summed E-state index contributed by atoms with van der Waals surface area (Å²) in [6.07, 6.45) is 5.47. The highest BCUT2D eigenvalue weighted by molar-refractivity contribution is 6.30. The van der Waals surface area contributed by atoms with Crippen molar-refractivity contribution in [2.24, 2.45) is 0 Å². The Morgan fingerprint density at radius 1 is 1.04 bits per heavy atom. The number of ether oxygens (including phenoxy) is 1. The normalized spacial score (nSPS) is 23.0. The van der Waals surface area contributed by atoms with Crippen LogP contribution < -0.4 is 4.90 Å². The van der Waals surface area contributed by atoms with Gasteiger partial charge in [0.15, 0.2) is 0 Å². The number of carbonyl (C=O) groups is 1. The maximum absolute atomic E-state index is 12.3. The summed E-state index contributed by atoms with van der Waals surface area (Å²) in [5.74, 6) is 0. The molecule has 2 aromatic carbocycles. The van der Waals surface area contributed by atoms with Gasteiger partial charge in [-0.2, -0.15) is 0 Å². The highest BCUT2D eigenvalue weighted by Gasteiger charge is 2.33. The Kier molecular flexibility index (Phi) is 6.18. The third-order valence-corrected chi connectivity index (χ3v) is 6.07. The zero-order chi connectivity index (χ0) is 19.3. The summed E-state index contributed by atoms with van der Waals surface area (Å²) in [5.41, 5.74) is 2.25. The zero-order valence-corrected chi connectivity index (χ0v) is 16.9. The molecule has 2 aliphatic rings. The van der Waals surface area contributed by atoms with Gasteiger partial charge in [-0.25, -0.2) is 4.79 Å². The van der Waals surface area contributed by atoms with E-state index in [1.807, 2.05) is 12.1 Å². The molecule has 1 amide bonds. The molecule has 0 aliphatic carbocycles. The second-order valence-corrected chi connectivity index (χ2v) is 8.19. The van der Waals surface area contributed by atoms with E-state index in [1.165, 1.54) is 24.8 Å². The molecule has 2 aromatic rings. The molecule has 2 aliphatic heterocycles. The van der Waals surface area contributed by atoms with E-state index in [4.69, 9.17) is 16.3 Å². The molecule has 2 saturated heterocycles. The number of cyclic esters (lactones) is 1. The van der Waals surface area contributed by atoms with Crippen molar-refractivity contribution >= 4 is 23.4 Å². The van der Waals surface area contributed by atoms with Crippen molar-refractivity contribution < 1.29 is 9.53 Å². The maximum atomic E-state index is 12.3. The van der Waals surface area contributed by atoms with Crippen LogP contribution in [0, 0.1) is 0 Å². The Balaban J connectivity index is 1.33. The number of rotatable bonds is 6. The van der Waals surface area contributed by atoms with Gasteiger partial charge in [-0.15, -0.1) is 0 Å². The van der Waals surface area contributed by atoms with Gasteiger partial charge in [0, 0.05) is 23.3 Å². The number of halogens is 1. The number of anilines is 1. The van der Waals surface area contributed by atoms with E-state index in [1.54, 1.807) is 17.0 Å². The molecule has 2 atom stereocenters. The molecule has 0 bridgehead atoms. The molecule has 2 heterocycles. The first-order valence-electron chi connectivity index (χ1n) is 10.2. The molecule has 0 aromatic heterocycles. The van der Waals surface area contributed by atoms with E-state index >= 15 is 0 Å². The summed E-state index contributed by atoms with van der Waals surface area (Å²) in [6.45, 7) is 2.72. The molecular weight excluding hydrogens is 372 g/mol. The molecule has 4 nitrogen and oxygen atoms in total. The Labute approximate surface area is 172 Å². The molecular formula is C23H27ClN2O2. The first kappa shape index (κ1) is 19.3. The maximum Gasteiger partial charge on any atom is 0.414 e. The lowest BCUT2D eigenvalue weighted by atomic mass is 9.95. The van der Waals surface area contributed by atoms with E-state index in [2.05, 4.69) is 35.2 Å². The molecule has 0 N–H and O–H groups in total. The van der Waals surface area contributed by atoms with Crippen LogP contribution in [0.2, 0.25) is 5.02 Å². The van der Waals surface area contributed by atoms with Crippen LogP contribution in [0.1, 0.15) is 31.2 Å². The number of hydrogen-bond acceptors (Lipinski definition) is 3. The van der Waals surface area contributed by atoms with Crippen LogP contribution >= 0.6 is 11.6 Å². The van der Waals surface area contributed by atoms with Gasteiger partial charge in [0.05, 0.1) is 6.54 Å². The molecule has 5 heteroatoms. The van der Waals surface area contributed by atoms with Gasteiger partial charge in [-0.3, -0.25) is 9.80 Å². The van der Waals surface area contributed by atoms with Crippen molar-refractivity contribution in [2.45, 2.75) is 44.2 Å². The molecule has 4 rings (SSSR count). The first-order valence-corrected chi connectivity index (χ1v) is 10.6. The largest absolute Gasteiger partial charge is 0.444 e. The van der Waals surface area contributed by atoms with E-state index < -0.39 is 0 Å². The van der Waals surface area contributed by atoms with Crippen LogP contribution in [0.15, 0.2) is 54.6 Å². The number of carbonyl (C=O) groups excluding carboxylic acids is 1. The molecule has 2 unspecified atom stereocenters. The van der Waals surface area contributed by atoms with Crippen LogP contribution in [0.4, 0.5) is 10.5 Å². The summed E-state index contributed by atoms with van der Waals surface area (Å²) in [6, 6.07) is 18.7. The third kappa shape index (κ3) is 4.68. The highest BCUT2D eigenvalue weighted by atomic mass is 35.5. The minimum absolute atomic E-state index is 0.0533. The summed E-state index contributed by atoms with van der Waals surface area (Å²) in [5, 5.41) is 0.669. The number of nitrogens with zero attached hydrogens (tertiary/aromatic N) is 2. The summed E-state index contributed by atoms with van der Waals surface area (Å²) in [4.78, 5) is 16.6. The van der Waals surface area contributed by atoms with E-state index in [0.717, 1.165) is 31.6 Å². The lowest BCUT2D eigenvalue weighted by Crippen LogP contribution is -2.42. The SMILES string of the molecule is O=C1OC(CCN2CCCCC2Cc2ccccc2)CN1c1ccc(Cl)cc1. The molecule has 148 valence electrons. The molecule has 28 heavy (non-hydrogen) atoms. The predicted molar refractivity (Wildman–Crippen MR) is 113 cm³/mol. The van der Waals surface area contributed by atoms with Gasteiger partial charge in [0.1, 0.15) is 6.10 Å². The molecule has 0 radical (unpaired) electrons. The van der Waals surface area contributed by atoms with E-state index in [-0.39, 0.29) is 12.2 Å². The third-order valence-electron chi connectivity index (χ3n) is 5.81. The van der Waals surface area contributed by atoms with Crippen molar-refractivity contribution in [3.63, 3.8) is 0 Å². The van der Waals surface area contributed by atoms with Crippen LogP contribution in [-0.2, 0) is 11.2 Å². The zero-order valence-electron chi connectivity index (χ0n) is 16.1. The Bertz CT molecular complexity index is 781. The average Bonchev–Trinajstić information content (AvgIpc) is 3.09. The topological polar surface area (TPSA) is 32.8 Å². The number of likely N-dealkylation sites (tertiary alicyclic amines) is 1. The van der Waals surface area contributed by atoms with Crippen molar-refractivity contribution in [1.82, 2.24) is 4.90 Å². The van der Waals surface area contributed by atoms with Crippen molar-refractivity contribution in [2.75, 3.05) is 24.5 Å². The molecule has 2 fully saturated rings. The van der Waals surface area contributed by atoms with Crippen LogP contribution in [0.3, 0.4) is 0 Å². The fourth-order valence-corrected chi connectivity index (χ4v) is 4.41. The van der Waals surface area contributed by atoms with Gasteiger partial charge in [-0.1, -0.05) is 48.4 Å². The Morgan fingerprint density at radius 2 is 1.82 bits per heavy atom. The van der Waals surface area contributed by atoms with Crippen molar-refractivity contribution in [1.29, 1.82) is 0 Å². The number of amides is 1. The second-order valence-electron chi connectivity index (χ2n) is 7.76. The Hall–Kier alpha value is -2.04. The lowest BCUT2D eigenvalue weighted by Gasteiger charge is -2.36. The molecule has 0 spiro atoms. The van der Waals surface area contributed by atoms with Crippen LogP contribution in [-0.4, -0.2) is 42.8 Å². The minimum atomic E-state index is -0.258. The monoisotopic (exact) mass is 398 g/mol. The predicted octanol–water partition coefficient (Wildman–Crippen LogP) is 5.15. The lowest BCUT2D eigenvalue weighted by molar-refractivity contribution is 0.102. The fraction of sp³-hybridized carbons (Fsp3) is 0.435. The van der Waals surface area contributed by atoms with Crippen LogP contribution in [0.25, 0.3) is 0 Å². The average molecular weight is 399 g/mol. The standard InChI is InChI=1S/C23H27ClN2O2/c24-19-9-11-20(12-10-19)26-17-22(28-23(26)27)13-15-25-14-5-4-8-21(25)16-18-6-2-1-3-7-18/h1-3,6-7,9-12,21-22H,4-5,8,13-17H2. The van der Waals surface area contributed by atoms with Crippen molar-refractivity contribution in [3.05, 3.63) is 65.2 Å². The van der Waals surface area contributed by atoms with Gasteiger partial charge in [-0.05, 0) is 62.1 Å². The van der Waals surface area contributed by atoms with Gasteiger partial charge < -0.3 is 4.74 Å². The van der Waals surface area contributed by atoms with Gasteiger partial charge >= 0.3 is 6.09 Å². The summed E-state index contributed by atoms with van der Waals surface area (Å²) < 4.78 is 5.63. The summed E-state index contributed by atoms with van der Waals surface area (Å²) >= 11 is 5.95. The first-order chi connectivity index (χ1) is 13.7. The number of piperidine rings is 1. The molecule has 0 saturated carbocycles.